The first-order valence-electron chi connectivity index (χ1n) is 6.63. The molecule has 1 aromatic carbocycles. The minimum absolute atomic E-state index is 0.163. The molecule has 0 aromatic heterocycles. The van der Waals surface area contributed by atoms with E-state index in [9.17, 15) is 4.79 Å². The molecule has 0 spiro atoms. The van der Waals surface area contributed by atoms with Crippen molar-refractivity contribution >= 4 is 45.8 Å². The zero-order valence-electron chi connectivity index (χ0n) is 10.8. The Kier molecular flexibility index (Phi) is 5.76. The van der Waals surface area contributed by atoms with Crippen molar-refractivity contribution in [1.82, 2.24) is 4.90 Å². The lowest BCUT2D eigenvalue weighted by molar-refractivity contribution is -0.129. The largest absolute Gasteiger partial charge is 0.375 e. The van der Waals surface area contributed by atoms with Gasteiger partial charge in [-0.2, -0.15) is 0 Å². The van der Waals surface area contributed by atoms with E-state index in [1.807, 2.05) is 23.1 Å². The zero-order chi connectivity index (χ0) is 13.7. The van der Waals surface area contributed by atoms with E-state index in [-0.39, 0.29) is 5.91 Å². The molecule has 0 bridgehead atoms. The zero-order valence-corrected chi connectivity index (χ0v) is 13.7. The van der Waals surface area contributed by atoms with Gasteiger partial charge in [0.25, 0.3) is 0 Å². The second kappa shape index (κ2) is 7.33. The summed E-state index contributed by atoms with van der Waals surface area (Å²) in [7, 11) is 0. The Morgan fingerprint density at radius 3 is 2.58 bits per heavy atom. The van der Waals surface area contributed by atoms with Crippen LogP contribution in [0.3, 0.4) is 0 Å². The number of halogens is 2. The summed E-state index contributed by atoms with van der Waals surface area (Å²) in [5.41, 5.74) is 0.824. The molecular weight excluding hydrogens is 375 g/mol. The van der Waals surface area contributed by atoms with Crippen LogP contribution in [0, 0.1) is 3.57 Å². The van der Waals surface area contributed by atoms with Gasteiger partial charge in [0.05, 0.1) is 17.3 Å². The highest BCUT2D eigenvalue weighted by molar-refractivity contribution is 14.1. The van der Waals surface area contributed by atoms with Gasteiger partial charge < -0.3 is 10.2 Å². The molecule has 1 aliphatic rings. The van der Waals surface area contributed by atoms with E-state index >= 15 is 0 Å². The normalized spacial score (nSPS) is 16.0. The van der Waals surface area contributed by atoms with E-state index in [0.717, 1.165) is 35.2 Å². The third-order valence-electron chi connectivity index (χ3n) is 3.32. The number of hydrogen-bond donors (Lipinski definition) is 1. The molecule has 0 saturated carbocycles. The predicted octanol–water partition coefficient (Wildman–Crippen LogP) is 3.76. The van der Waals surface area contributed by atoms with Gasteiger partial charge in [-0.05, 0) is 53.6 Å². The second-order valence-electron chi connectivity index (χ2n) is 4.77. The van der Waals surface area contributed by atoms with Crippen molar-refractivity contribution < 1.29 is 4.79 Å². The molecule has 5 heteroatoms. The van der Waals surface area contributed by atoms with E-state index in [0.29, 0.717) is 11.6 Å². The van der Waals surface area contributed by atoms with Gasteiger partial charge in [-0.3, -0.25) is 4.79 Å². The van der Waals surface area contributed by atoms with Crippen LogP contribution in [0.2, 0.25) is 5.02 Å². The maximum atomic E-state index is 12.1. The van der Waals surface area contributed by atoms with Gasteiger partial charge in [-0.15, -0.1) is 0 Å². The molecule has 0 radical (unpaired) electrons. The first-order valence-corrected chi connectivity index (χ1v) is 8.09. The highest BCUT2D eigenvalue weighted by atomic mass is 127. The van der Waals surface area contributed by atoms with Gasteiger partial charge >= 0.3 is 0 Å². The molecular formula is C14H18ClIN2O. The smallest absolute Gasteiger partial charge is 0.241 e. The molecule has 1 heterocycles. The van der Waals surface area contributed by atoms with Crippen LogP contribution in [0.4, 0.5) is 5.69 Å². The first-order chi connectivity index (χ1) is 9.16. The summed E-state index contributed by atoms with van der Waals surface area (Å²) in [5.74, 6) is 0.163. The van der Waals surface area contributed by atoms with E-state index in [4.69, 9.17) is 11.6 Å². The monoisotopic (exact) mass is 392 g/mol. The number of likely N-dealkylation sites (tertiary alicyclic amines) is 1. The van der Waals surface area contributed by atoms with Crippen molar-refractivity contribution in [2.75, 3.05) is 25.0 Å². The van der Waals surface area contributed by atoms with Gasteiger partial charge in [-0.1, -0.05) is 24.4 Å². The Balaban J connectivity index is 1.88. The molecule has 19 heavy (non-hydrogen) atoms. The Morgan fingerprint density at radius 1 is 1.26 bits per heavy atom. The Hall–Kier alpha value is -0.490. The van der Waals surface area contributed by atoms with Gasteiger partial charge in [0.2, 0.25) is 5.91 Å². The number of amides is 1. The lowest BCUT2D eigenvalue weighted by Gasteiger charge is -2.21. The van der Waals surface area contributed by atoms with E-state index in [1.165, 1.54) is 12.8 Å². The SMILES string of the molecule is O=C(CNc1ccc(I)cc1Cl)N1CCCCCC1. The molecule has 1 amide bonds. The van der Waals surface area contributed by atoms with Crippen molar-refractivity contribution in [3.05, 3.63) is 26.8 Å². The Bertz CT molecular complexity index is 445. The van der Waals surface area contributed by atoms with Crippen LogP contribution in [0.5, 0.6) is 0 Å². The number of carbonyl (C=O) groups is 1. The number of anilines is 1. The number of nitrogens with one attached hydrogen (secondary N) is 1. The number of rotatable bonds is 3. The summed E-state index contributed by atoms with van der Waals surface area (Å²) in [5, 5.41) is 3.79. The lowest BCUT2D eigenvalue weighted by Crippen LogP contribution is -2.36. The van der Waals surface area contributed by atoms with Gasteiger partial charge in [0.1, 0.15) is 0 Å². The number of hydrogen-bond acceptors (Lipinski definition) is 2. The Morgan fingerprint density at radius 2 is 1.95 bits per heavy atom. The number of nitrogens with zero attached hydrogens (tertiary/aromatic N) is 1. The topological polar surface area (TPSA) is 32.3 Å². The van der Waals surface area contributed by atoms with E-state index in [2.05, 4.69) is 27.9 Å². The predicted molar refractivity (Wildman–Crippen MR) is 87.7 cm³/mol. The molecule has 0 aliphatic carbocycles. The lowest BCUT2D eigenvalue weighted by atomic mass is 10.2. The van der Waals surface area contributed by atoms with Crippen LogP contribution >= 0.6 is 34.2 Å². The molecule has 0 unspecified atom stereocenters. The van der Waals surface area contributed by atoms with Crippen LogP contribution < -0.4 is 5.32 Å². The fourth-order valence-corrected chi connectivity index (χ4v) is 3.16. The summed E-state index contributed by atoms with van der Waals surface area (Å²) in [4.78, 5) is 14.1. The highest BCUT2D eigenvalue weighted by Gasteiger charge is 2.15. The average molecular weight is 393 g/mol. The minimum atomic E-state index is 0.163. The molecule has 3 nitrogen and oxygen atoms in total. The standard InChI is InChI=1S/C14H18ClIN2O/c15-12-9-11(16)5-6-13(12)17-10-14(19)18-7-3-1-2-4-8-18/h5-6,9,17H,1-4,7-8,10H2. The van der Waals surface area contributed by atoms with Crippen molar-refractivity contribution in [2.45, 2.75) is 25.7 Å². The van der Waals surface area contributed by atoms with Crippen molar-refractivity contribution in [1.29, 1.82) is 0 Å². The second-order valence-corrected chi connectivity index (χ2v) is 6.43. The van der Waals surface area contributed by atoms with Crippen LogP contribution in [0.25, 0.3) is 0 Å². The van der Waals surface area contributed by atoms with Crippen molar-refractivity contribution in [3.8, 4) is 0 Å². The molecule has 104 valence electrons. The molecule has 1 aliphatic heterocycles. The number of benzene rings is 1. The summed E-state index contributed by atoms with van der Waals surface area (Å²) in [6, 6.07) is 5.78. The summed E-state index contributed by atoms with van der Waals surface area (Å²) in [6.07, 6.45) is 4.71. The van der Waals surface area contributed by atoms with E-state index in [1.54, 1.807) is 0 Å². The van der Waals surface area contributed by atoms with Crippen molar-refractivity contribution in [2.24, 2.45) is 0 Å². The first kappa shape index (κ1) is 14.9. The summed E-state index contributed by atoms with van der Waals surface area (Å²) in [6.45, 7) is 2.10. The molecule has 0 atom stereocenters. The van der Waals surface area contributed by atoms with Crippen LogP contribution in [-0.4, -0.2) is 30.4 Å². The maximum Gasteiger partial charge on any atom is 0.241 e. The van der Waals surface area contributed by atoms with Crippen LogP contribution in [-0.2, 0) is 4.79 Å². The molecule has 1 N–H and O–H groups in total. The van der Waals surface area contributed by atoms with E-state index < -0.39 is 0 Å². The third-order valence-corrected chi connectivity index (χ3v) is 4.30. The minimum Gasteiger partial charge on any atom is -0.375 e. The van der Waals surface area contributed by atoms with Crippen LogP contribution in [0.1, 0.15) is 25.7 Å². The fourth-order valence-electron chi connectivity index (χ4n) is 2.24. The van der Waals surface area contributed by atoms with Crippen molar-refractivity contribution in [3.63, 3.8) is 0 Å². The molecule has 1 fully saturated rings. The Labute approximate surface area is 132 Å². The summed E-state index contributed by atoms with van der Waals surface area (Å²) < 4.78 is 1.09. The summed E-state index contributed by atoms with van der Waals surface area (Å²) >= 11 is 8.35. The molecule has 1 saturated heterocycles. The third kappa shape index (κ3) is 4.53. The van der Waals surface area contributed by atoms with Gasteiger partial charge in [-0.25, -0.2) is 0 Å². The van der Waals surface area contributed by atoms with Crippen LogP contribution in [0.15, 0.2) is 18.2 Å². The van der Waals surface area contributed by atoms with Gasteiger partial charge in [0.15, 0.2) is 0 Å². The average Bonchev–Trinajstić information content (AvgIpc) is 2.66. The maximum absolute atomic E-state index is 12.1. The van der Waals surface area contributed by atoms with Gasteiger partial charge in [0, 0.05) is 16.7 Å². The number of carbonyl (C=O) groups excluding carboxylic acids is 1. The fraction of sp³-hybridized carbons (Fsp3) is 0.500. The highest BCUT2D eigenvalue weighted by Crippen LogP contribution is 2.23. The molecule has 1 aromatic rings. The quantitative estimate of drug-likeness (QED) is 0.795. The molecule has 2 rings (SSSR count).